The van der Waals surface area contributed by atoms with E-state index in [0.29, 0.717) is 0 Å². The predicted molar refractivity (Wildman–Crippen MR) is 73.4 cm³/mol. The van der Waals surface area contributed by atoms with Gasteiger partial charge in [0.25, 0.3) is 0 Å². The fourth-order valence-electron chi connectivity index (χ4n) is 2.52. The number of nitrogens with one attached hydrogen (secondary N) is 1. The van der Waals surface area contributed by atoms with Crippen LogP contribution in [0, 0.1) is 12.8 Å². The minimum Gasteiger partial charge on any atom is -0.317 e. The molecule has 0 spiro atoms. The van der Waals surface area contributed by atoms with Crippen molar-refractivity contribution in [3.63, 3.8) is 0 Å². The normalized spacial score (nSPS) is 24.0. The number of hydrogen-bond donors (Lipinski definition) is 1. The summed E-state index contributed by atoms with van der Waals surface area (Å²) < 4.78 is 0. The Bertz CT molecular complexity index is 350. The molecule has 2 rings (SSSR count). The van der Waals surface area contributed by atoms with E-state index < -0.39 is 0 Å². The van der Waals surface area contributed by atoms with Crippen LogP contribution in [0.25, 0.3) is 0 Å². The molecule has 0 aromatic carbocycles. The summed E-state index contributed by atoms with van der Waals surface area (Å²) in [5.41, 5.74) is 3.15. The molecule has 1 aromatic rings. The Hall–Kier alpha value is -0.450. The smallest absolute Gasteiger partial charge is 0.0798 e. The van der Waals surface area contributed by atoms with Crippen molar-refractivity contribution < 1.29 is 0 Å². The van der Waals surface area contributed by atoms with Crippen LogP contribution in [0.1, 0.15) is 30.3 Å². The SMILES string of the molecule is CCNCC1CCC1N(C)Cc1scnc1C. The summed E-state index contributed by atoms with van der Waals surface area (Å²) >= 11 is 1.78. The van der Waals surface area contributed by atoms with E-state index in [9.17, 15) is 0 Å². The van der Waals surface area contributed by atoms with Crippen LogP contribution in [-0.2, 0) is 6.54 Å². The fraction of sp³-hybridized carbons (Fsp3) is 0.769. The first-order chi connectivity index (χ1) is 8.22. The van der Waals surface area contributed by atoms with Gasteiger partial charge in [-0.3, -0.25) is 4.90 Å². The number of nitrogens with zero attached hydrogens (tertiary/aromatic N) is 2. The molecule has 1 heterocycles. The summed E-state index contributed by atoms with van der Waals surface area (Å²) in [7, 11) is 2.25. The zero-order chi connectivity index (χ0) is 12.3. The van der Waals surface area contributed by atoms with Crippen LogP contribution < -0.4 is 5.32 Å². The van der Waals surface area contributed by atoms with Crippen LogP contribution in [0.15, 0.2) is 5.51 Å². The maximum atomic E-state index is 4.32. The Morgan fingerprint density at radius 2 is 2.35 bits per heavy atom. The van der Waals surface area contributed by atoms with E-state index in [0.717, 1.165) is 25.0 Å². The van der Waals surface area contributed by atoms with Crippen molar-refractivity contribution in [3.05, 3.63) is 16.1 Å². The molecule has 3 nitrogen and oxygen atoms in total. The summed E-state index contributed by atoms with van der Waals surface area (Å²) in [5, 5.41) is 3.47. The third-order valence-corrected chi connectivity index (χ3v) is 4.76. The zero-order valence-electron chi connectivity index (χ0n) is 11.1. The number of thiazole rings is 1. The molecule has 96 valence electrons. The Balaban J connectivity index is 1.84. The Morgan fingerprint density at radius 1 is 1.53 bits per heavy atom. The van der Waals surface area contributed by atoms with Crippen molar-refractivity contribution in [1.82, 2.24) is 15.2 Å². The number of rotatable bonds is 6. The number of aryl methyl sites for hydroxylation is 1. The molecule has 0 saturated heterocycles. The van der Waals surface area contributed by atoms with Gasteiger partial charge in [0.05, 0.1) is 11.2 Å². The van der Waals surface area contributed by atoms with Crippen LogP contribution in [0.3, 0.4) is 0 Å². The lowest BCUT2D eigenvalue weighted by Gasteiger charge is -2.43. The molecule has 0 bridgehead atoms. The highest BCUT2D eigenvalue weighted by Crippen LogP contribution is 2.32. The lowest BCUT2D eigenvalue weighted by molar-refractivity contribution is 0.0790. The van der Waals surface area contributed by atoms with Gasteiger partial charge in [-0.1, -0.05) is 6.92 Å². The van der Waals surface area contributed by atoms with Crippen LogP contribution in [0.2, 0.25) is 0 Å². The monoisotopic (exact) mass is 253 g/mol. The molecule has 1 fully saturated rings. The second kappa shape index (κ2) is 5.94. The van der Waals surface area contributed by atoms with Crippen LogP contribution in [0.4, 0.5) is 0 Å². The molecule has 17 heavy (non-hydrogen) atoms. The Morgan fingerprint density at radius 3 is 2.88 bits per heavy atom. The first kappa shape index (κ1) is 13.0. The zero-order valence-corrected chi connectivity index (χ0v) is 11.9. The minimum atomic E-state index is 0.760. The van der Waals surface area contributed by atoms with E-state index in [-0.39, 0.29) is 0 Å². The average molecular weight is 253 g/mol. The van der Waals surface area contributed by atoms with Crippen molar-refractivity contribution in [2.24, 2.45) is 5.92 Å². The third kappa shape index (κ3) is 3.06. The summed E-state index contributed by atoms with van der Waals surface area (Å²) in [5.74, 6) is 0.841. The largest absolute Gasteiger partial charge is 0.317 e. The van der Waals surface area contributed by atoms with Crippen molar-refractivity contribution >= 4 is 11.3 Å². The third-order valence-electron chi connectivity index (χ3n) is 3.84. The van der Waals surface area contributed by atoms with Gasteiger partial charge in [-0.05, 0) is 45.8 Å². The lowest BCUT2D eigenvalue weighted by atomic mass is 9.78. The van der Waals surface area contributed by atoms with Gasteiger partial charge in [0, 0.05) is 17.5 Å². The molecule has 0 aliphatic heterocycles. The molecular formula is C13H23N3S. The van der Waals surface area contributed by atoms with Gasteiger partial charge in [-0.15, -0.1) is 11.3 Å². The van der Waals surface area contributed by atoms with Gasteiger partial charge < -0.3 is 5.32 Å². The van der Waals surface area contributed by atoms with Crippen LogP contribution >= 0.6 is 11.3 Å². The van der Waals surface area contributed by atoms with Gasteiger partial charge in [-0.2, -0.15) is 0 Å². The molecule has 1 aliphatic rings. The van der Waals surface area contributed by atoms with Gasteiger partial charge in [0.2, 0.25) is 0 Å². The molecular weight excluding hydrogens is 230 g/mol. The molecule has 0 amide bonds. The maximum absolute atomic E-state index is 4.32. The maximum Gasteiger partial charge on any atom is 0.0798 e. The quantitative estimate of drug-likeness (QED) is 0.843. The van der Waals surface area contributed by atoms with Crippen molar-refractivity contribution in [2.45, 2.75) is 39.3 Å². The van der Waals surface area contributed by atoms with Gasteiger partial charge in [-0.25, -0.2) is 4.98 Å². The standard InChI is InChI=1S/C13H23N3S/c1-4-14-7-11-5-6-12(11)16(3)8-13-10(2)15-9-17-13/h9,11-12,14H,4-8H2,1-3H3. The van der Waals surface area contributed by atoms with E-state index in [1.807, 2.05) is 5.51 Å². The van der Waals surface area contributed by atoms with E-state index in [1.165, 1.54) is 30.0 Å². The molecule has 1 aromatic heterocycles. The molecule has 1 saturated carbocycles. The van der Waals surface area contributed by atoms with Gasteiger partial charge in [0.1, 0.15) is 0 Å². The van der Waals surface area contributed by atoms with E-state index in [4.69, 9.17) is 0 Å². The number of aromatic nitrogens is 1. The van der Waals surface area contributed by atoms with Crippen molar-refractivity contribution in [2.75, 3.05) is 20.1 Å². The van der Waals surface area contributed by atoms with E-state index in [1.54, 1.807) is 11.3 Å². The summed E-state index contributed by atoms with van der Waals surface area (Å²) in [6, 6.07) is 0.760. The lowest BCUT2D eigenvalue weighted by Crippen LogP contribution is -2.48. The van der Waals surface area contributed by atoms with Crippen molar-refractivity contribution in [1.29, 1.82) is 0 Å². The Kier molecular flexibility index (Phi) is 4.54. The number of hydrogen-bond acceptors (Lipinski definition) is 4. The molecule has 4 heteroatoms. The highest BCUT2D eigenvalue weighted by atomic mass is 32.1. The minimum absolute atomic E-state index is 0.760. The molecule has 1 N–H and O–H groups in total. The average Bonchev–Trinajstić information content (AvgIpc) is 2.63. The molecule has 2 atom stereocenters. The van der Waals surface area contributed by atoms with Crippen molar-refractivity contribution in [3.8, 4) is 0 Å². The second-order valence-electron chi connectivity index (χ2n) is 4.99. The highest BCUT2D eigenvalue weighted by molar-refractivity contribution is 7.09. The highest BCUT2D eigenvalue weighted by Gasteiger charge is 2.33. The summed E-state index contributed by atoms with van der Waals surface area (Å²) in [6.45, 7) is 7.60. The Labute approximate surface area is 108 Å². The fourth-order valence-corrected chi connectivity index (χ4v) is 3.36. The predicted octanol–water partition coefficient (Wildman–Crippen LogP) is 2.27. The van der Waals surface area contributed by atoms with Crippen LogP contribution in [-0.4, -0.2) is 36.1 Å². The first-order valence-electron chi connectivity index (χ1n) is 6.52. The molecule has 2 unspecified atom stereocenters. The van der Waals surface area contributed by atoms with Gasteiger partial charge in [0.15, 0.2) is 0 Å². The van der Waals surface area contributed by atoms with Gasteiger partial charge >= 0.3 is 0 Å². The topological polar surface area (TPSA) is 28.2 Å². The summed E-state index contributed by atoms with van der Waals surface area (Å²) in [6.07, 6.45) is 2.73. The summed E-state index contributed by atoms with van der Waals surface area (Å²) in [4.78, 5) is 8.25. The first-order valence-corrected chi connectivity index (χ1v) is 7.40. The van der Waals surface area contributed by atoms with E-state index >= 15 is 0 Å². The van der Waals surface area contributed by atoms with Crippen LogP contribution in [0.5, 0.6) is 0 Å². The molecule has 1 aliphatic carbocycles. The molecule has 0 radical (unpaired) electrons. The second-order valence-corrected chi connectivity index (χ2v) is 5.93. The van der Waals surface area contributed by atoms with E-state index in [2.05, 4.69) is 36.1 Å².